The number of esters is 1. The zero-order valence-corrected chi connectivity index (χ0v) is 15.1. The number of hydrogen-bond acceptors (Lipinski definition) is 5. The Balaban J connectivity index is 1.66. The Bertz CT molecular complexity index is 1060. The van der Waals surface area contributed by atoms with Gasteiger partial charge in [-0.3, -0.25) is 9.59 Å². The molecule has 7 nitrogen and oxygen atoms in total. The number of halogens is 1. The van der Waals surface area contributed by atoms with Crippen LogP contribution in [-0.4, -0.2) is 28.7 Å². The van der Waals surface area contributed by atoms with Gasteiger partial charge < -0.3 is 10.1 Å². The monoisotopic (exact) mass is 385 g/mol. The van der Waals surface area contributed by atoms with E-state index in [0.717, 1.165) is 5.56 Å². The standard InChI is InChI=1S/C19H16ClN3O4/c1-11(12-6-4-5-9-15(12)20)21-16(24)10-27-19(26)17-13-7-2-3-8-14(13)18(25)23-22-17/h2-9,11H,10H2,1H3,(H,21,24)(H,23,25)/t11-/m1/s1. The first kappa shape index (κ1) is 18.6. The summed E-state index contributed by atoms with van der Waals surface area (Å²) in [5.41, 5.74) is 0.290. The summed E-state index contributed by atoms with van der Waals surface area (Å²) in [5, 5.41) is 9.91. The first-order valence-corrected chi connectivity index (χ1v) is 8.53. The molecule has 0 spiro atoms. The lowest BCUT2D eigenvalue weighted by molar-refractivity contribution is -0.124. The Morgan fingerprint density at radius 1 is 1.15 bits per heavy atom. The van der Waals surface area contributed by atoms with E-state index < -0.39 is 24.0 Å². The maximum absolute atomic E-state index is 12.3. The highest BCUT2D eigenvalue weighted by atomic mass is 35.5. The number of benzene rings is 2. The van der Waals surface area contributed by atoms with Gasteiger partial charge in [-0.2, -0.15) is 5.10 Å². The average Bonchev–Trinajstić information content (AvgIpc) is 2.67. The number of rotatable bonds is 5. The summed E-state index contributed by atoms with van der Waals surface area (Å²) in [4.78, 5) is 36.1. The van der Waals surface area contributed by atoms with Crippen LogP contribution in [0.1, 0.15) is 29.0 Å². The van der Waals surface area contributed by atoms with Crippen molar-refractivity contribution in [2.24, 2.45) is 0 Å². The maximum atomic E-state index is 12.3. The van der Waals surface area contributed by atoms with Gasteiger partial charge in [0, 0.05) is 10.4 Å². The summed E-state index contributed by atoms with van der Waals surface area (Å²) in [6.45, 7) is 1.29. The number of nitrogens with one attached hydrogen (secondary N) is 2. The van der Waals surface area contributed by atoms with E-state index in [0.29, 0.717) is 15.8 Å². The topological polar surface area (TPSA) is 101 Å². The van der Waals surface area contributed by atoms with Crippen LogP contribution in [0, 0.1) is 0 Å². The Labute approximate surface area is 159 Å². The summed E-state index contributed by atoms with van der Waals surface area (Å²) in [6, 6.07) is 13.3. The van der Waals surface area contributed by atoms with Gasteiger partial charge in [0.1, 0.15) is 0 Å². The summed E-state index contributed by atoms with van der Waals surface area (Å²) >= 11 is 6.10. The summed E-state index contributed by atoms with van der Waals surface area (Å²) in [5.74, 6) is -1.28. The van der Waals surface area contributed by atoms with Gasteiger partial charge in [0.05, 0.1) is 11.4 Å². The molecule has 3 aromatic rings. The quantitative estimate of drug-likeness (QED) is 0.657. The highest BCUT2D eigenvalue weighted by Gasteiger charge is 2.18. The molecule has 0 radical (unpaired) electrons. The normalized spacial score (nSPS) is 11.8. The molecule has 0 unspecified atom stereocenters. The van der Waals surface area contributed by atoms with Crippen molar-refractivity contribution in [1.82, 2.24) is 15.5 Å². The molecule has 138 valence electrons. The number of ether oxygens (including phenoxy) is 1. The molecule has 0 bridgehead atoms. The van der Waals surface area contributed by atoms with Crippen molar-refractivity contribution in [2.75, 3.05) is 6.61 Å². The number of carbonyl (C=O) groups excluding carboxylic acids is 2. The summed E-state index contributed by atoms with van der Waals surface area (Å²) in [7, 11) is 0. The molecule has 0 aliphatic heterocycles. The summed E-state index contributed by atoms with van der Waals surface area (Å²) in [6.07, 6.45) is 0. The smallest absolute Gasteiger partial charge is 0.359 e. The lowest BCUT2D eigenvalue weighted by Gasteiger charge is -2.15. The minimum absolute atomic E-state index is 0.0582. The molecule has 1 atom stereocenters. The number of hydrogen-bond donors (Lipinski definition) is 2. The van der Waals surface area contributed by atoms with Crippen molar-refractivity contribution in [1.29, 1.82) is 0 Å². The maximum Gasteiger partial charge on any atom is 0.359 e. The van der Waals surface area contributed by atoms with Crippen LogP contribution in [0.4, 0.5) is 0 Å². The predicted octanol–water partition coefficient (Wildman–Crippen LogP) is 2.61. The number of aromatic nitrogens is 2. The fourth-order valence-corrected chi connectivity index (χ4v) is 2.96. The van der Waals surface area contributed by atoms with Crippen LogP contribution in [0.25, 0.3) is 10.8 Å². The molecule has 1 heterocycles. The number of fused-ring (bicyclic) bond motifs is 1. The first-order chi connectivity index (χ1) is 13.0. The Hall–Kier alpha value is -3.19. The third-order valence-electron chi connectivity index (χ3n) is 3.97. The number of carbonyl (C=O) groups is 2. The fourth-order valence-electron chi connectivity index (χ4n) is 2.66. The molecule has 1 amide bonds. The molecular formula is C19H16ClN3O4. The number of H-pyrrole nitrogens is 1. The first-order valence-electron chi connectivity index (χ1n) is 8.15. The van der Waals surface area contributed by atoms with Crippen molar-refractivity contribution >= 4 is 34.2 Å². The molecule has 3 rings (SSSR count). The van der Waals surface area contributed by atoms with Crippen LogP contribution >= 0.6 is 11.6 Å². The van der Waals surface area contributed by atoms with Gasteiger partial charge in [0.25, 0.3) is 11.5 Å². The van der Waals surface area contributed by atoms with Crippen LogP contribution in [0.2, 0.25) is 5.02 Å². The highest BCUT2D eigenvalue weighted by Crippen LogP contribution is 2.22. The van der Waals surface area contributed by atoms with Crippen molar-refractivity contribution in [3.05, 3.63) is 75.2 Å². The molecular weight excluding hydrogens is 370 g/mol. The van der Waals surface area contributed by atoms with Gasteiger partial charge in [-0.05, 0) is 24.6 Å². The van der Waals surface area contributed by atoms with Crippen LogP contribution in [-0.2, 0) is 9.53 Å². The van der Waals surface area contributed by atoms with Crippen LogP contribution in [0.3, 0.4) is 0 Å². The molecule has 0 saturated heterocycles. The SMILES string of the molecule is C[C@@H](NC(=O)COC(=O)c1n[nH]c(=O)c2ccccc12)c1ccccc1Cl. The van der Waals surface area contributed by atoms with Crippen LogP contribution in [0.5, 0.6) is 0 Å². The van der Waals surface area contributed by atoms with Crippen LogP contribution < -0.4 is 10.9 Å². The lowest BCUT2D eigenvalue weighted by Crippen LogP contribution is -2.31. The molecule has 0 aliphatic rings. The molecule has 0 aliphatic carbocycles. The van der Waals surface area contributed by atoms with E-state index in [2.05, 4.69) is 15.5 Å². The second-order valence-electron chi connectivity index (χ2n) is 5.83. The fraction of sp³-hybridized carbons (Fsp3) is 0.158. The molecule has 2 N–H and O–H groups in total. The number of nitrogens with zero attached hydrogens (tertiary/aromatic N) is 1. The van der Waals surface area contributed by atoms with Crippen molar-refractivity contribution in [2.45, 2.75) is 13.0 Å². The average molecular weight is 386 g/mol. The molecule has 8 heteroatoms. The van der Waals surface area contributed by atoms with E-state index in [1.807, 2.05) is 6.07 Å². The Kier molecular flexibility index (Phi) is 5.52. The molecule has 27 heavy (non-hydrogen) atoms. The van der Waals surface area contributed by atoms with E-state index in [4.69, 9.17) is 16.3 Å². The van der Waals surface area contributed by atoms with Crippen molar-refractivity contribution in [3.8, 4) is 0 Å². The van der Waals surface area contributed by atoms with Gasteiger partial charge in [0.15, 0.2) is 12.3 Å². The van der Waals surface area contributed by atoms with Gasteiger partial charge in [-0.1, -0.05) is 48.0 Å². The predicted molar refractivity (Wildman–Crippen MR) is 101 cm³/mol. The van der Waals surface area contributed by atoms with Crippen molar-refractivity contribution < 1.29 is 14.3 Å². The van der Waals surface area contributed by atoms with Gasteiger partial charge in [0.2, 0.25) is 0 Å². The second kappa shape index (κ2) is 8.01. The lowest BCUT2D eigenvalue weighted by atomic mass is 10.1. The van der Waals surface area contributed by atoms with E-state index >= 15 is 0 Å². The van der Waals surface area contributed by atoms with E-state index in [9.17, 15) is 14.4 Å². The second-order valence-corrected chi connectivity index (χ2v) is 6.24. The zero-order chi connectivity index (χ0) is 19.4. The molecule has 2 aromatic carbocycles. The third kappa shape index (κ3) is 4.15. The largest absolute Gasteiger partial charge is 0.451 e. The van der Waals surface area contributed by atoms with Gasteiger partial charge in [-0.25, -0.2) is 9.89 Å². The molecule has 0 saturated carbocycles. The highest BCUT2D eigenvalue weighted by molar-refractivity contribution is 6.31. The molecule has 0 fully saturated rings. The number of aromatic amines is 1. The minimum Gasteiger partial charge on any atom is -0.451 e. The van der Waals surface area contributed by atoms with Crippen LogP contribution in [0.15, 0.2) is 53.3 Å². The van der Waals surface area contributed by atoms with E-state index in [1.54, 1.807) is 49.4 Å². The Morgan fingerprint density at radius 3 is 2.56 bits per heavy atom. The van der Waals surface area contributed by atoms with E-state index in [-0.39, 0.29) is 11.7 Å². The van der Waals surface area contributed by atoms with Gasteiger partial charge >= 0.3 is 5.97 Å². The number of amides is 1. The summed E-state index contributed by atoms with van der Waals surface area (Å²) < 4.78 is 5.04. The third-order valence-corrected chi connectivity index (χ3v) is 4.32. The zero-order valence-electron chi connectivity index (χ0n) is 14.4. The Morgan fingerprint density at radius 2 is 1.81 bits per heavy atom. The van der Waals surface area contributed by atoms with Crippen molar-refractivity contribution in [3.63, 3.8) is 0 Å². The van der Waals surface area contributed by atoms with E-state index in [1.165, 1.54) is 0 Å². The minimum atomic E-state index is -0.803. The van der Waals surface area contributed by atoms with Gasteiger partial charge in [-0.15, -0.1) is 0 Å². The molecule has 1 aromatic heterocycles.